The number of nitrogens with zero attached hydrogens (tertiary/aromatic N) is 4. The van der Waals surface area contributed by atoms with E-state index in [1.807, 2.05) is 36.4 Å². The number of halogens is 1. The van der Waals surface area contributed by atoms with Crippen LogP contribution in [-0.4, -0.2) is 74.4 Å². The number of hydrogen-bond donors (Lipinski definition) is 3. The molecule has 5 atom stereocenters. The number of carboxylic acid groups (broad SMARTS) is 1. The van der Waals surface area contributed by atoms with Crippen molar-refractivity contribution in [2.75, 3.05) is 18.5 Å². The number of ether oxygens (including phenoxy) is 4. The molecule has 2 fully saturated rings. The summed E-state index contributed by atoms with van der Waals surface area (Å²) in [6, 6.07) is 13.1. The summed E-state index contributed by atoms with van der Waals surface area (Å²) in [5.74, 6) is -1.71. The quantitative estimate of drug-likeness (QED) is 0.243. The van der Waals surface area contributed by atoms with Gasteiger partial charge in [-0.2, -0.15) is 0 Å². The van der Waals surface area contributed by atoms with Gasteiger partial charge >= 0.3 is 12.0 Å². The summed E-state index contributed by atoms with van der Waals surface area (Å²) < 4.78 is 40.8. The van der Waals surface area contributed by atoms with E-state index in [0.29, 0.717) is 17.7 Å². The summed E-state index contributed by atoms with van der Waals surface area (Å²) in [5.41, 5.74) is 1.46. The SMILES string of the molecule is CCNC(=O)Nc1ncnc2c1ncn2[C@@H]1O[C@H](COCc2c(F)cccc2C(=O)O)[C@H]2O[C@H](/C=C/c3ccccc3)O[C@H]21. The molecule has 44 heavy (non-hydrogen) atoms. The predicted molar refractivity (Wildman–Crippen MR) is 154 cm³/mol. The van der Waals surface area contributed by atoms with E-state index in [1.165, 1.54) is 30.9 Å². The van der Waals surface area contributed by atoms with Crippen molar-refractivity contribution in [3.05, 3.63) is 89.8 Å². The van der Waals surface area contributed by atoms with E-state index in [4.69, 9.17) is 18.9 Å². The lowest BCUT2D eigenvalue weighted by Crippen LogP contribution is -2.32. The first-order chi connectivity index (χ1) is 21.4. The summed E-state index contributed by atoms with van der Waals surface area (Å²) in [5, 5.41) is 14.8. The molecule has 6 rings (SSSR count). The van der Waals surface area contributed by atoms with Gasteiger partial charge in [0.1, 0.15) is 30.5 Å². The molecule has 2 amide bonds. The molecule has 0 radical (unpaired) electrons. The van der Waals surface area contributed by atoms with Gasteiger partial charge in [-0.1, -0.05) is 42.5 Å². The Morgan fingerprint density at radius 2 is 1.89 bits per heavy atom. The summed E-state index contributed by atoms with van der Waals surface area (Å²) in [4.78, 5) is 36.7. The van der Waals surface area contributed by atoms with E-state index >= 15 is 0 Å². The van der Waals surface area contributed by atoms with Crippen LogP contribution in [0.1, 0.15) is 34.6 Å². The zero-order valence-electron chi connectivity index (χ0n) is 23.5. The average molecular weight is 605 g/mol. The van der Waals surface area contributed by atoms with Crippen molar-refractivity contribution in [3.8, 4) is 0 Å². The molecule has 2 aliphatic rings. The van der Waals surface area contributed by atoms with Crippen molar-refractivity contribution in [3.63, 3.8) is 0 Å². The third-order valence-corrected chi connectivity index (χ3v) is 7.19. The topological polar surface area (TPSA) is 159 Å². The lowest BCUT2D eigenvalue weighted by molar-refractivity contribution is -0.139. The van der Waals surface area contributed by atoms with Crippen LogP contribution in [0.3, 0.4) is 0 Å². The number of imidazole rings is 1. The van der Waals surface area contributed by atoms with Crippen molar-refractivity contribution in [2.45, 2.75) is 44.4 Å². The zero-order valence-corrected chi connectivity index (χ0v) is 23.5. The fraction of sp³-hybridized carbons (Fsp3) is 0.300. The van der Waals surface area contributed by atoms with Crippen LogP contribution in [0.25, 0.3) is 17.2 Å². The molecule has 0 unspecified atom stereocenters. The number of carbonyl (C=O) groups excluding carboxylic acids is 1. The van der Waals surface area contributed by atoms with Crippen molar-refractivity contribution in [1.82, 2.24) is 24.8 Å². The first-order valence-corrected chi connectivity index (χ1v) is 13.9. The Morgan fingerprint density at radius 1 is 1.07 bits per heavy atom. The van der Waals surface area contributed by atoms with Gasteiger partial charge in [-0.3, -0.25) is 9.88 Å². The second kappa shape index (κ2) is 12.9. The van der Waals surface area contributed by atoms with Gasteiger partial charge in [-0.05, 0) is 30.7 Å². The summed E-state index contributed by atoms with van der Waals surface area (Å²) >= 11 is 0. The van der Waals surface area contributed by atoms with Crippen LogP contribution in [0.5, 0.6) is 0 Å². The van der Waals surface area contributed by atoms with E-state index in [1.54, 1.807) is 17.6 Å². The standard InChI is InChI=1S/C30H29FN6O7/c1-2-32-30(40)36-26-23-27(34-15-33-26)37(16-35-23)28-25-24(43-22(44-25)12-11-17-7-4-3-5-8-17)21(42-28)14-41-13-19-18(29(38)39)9-6-10-20(19)31/h3-12,15-16,21-22,24-25,28H,2,13-14H2,1H3,(H,38,39)(H2,32,33,34,36,40)/b12-11+/t21-,22+,24-,25-,28-/m1/s1. The molecule has 2 aliphatic heterocycles. The maximum Gasteiger partial charge on any atom is 0.336 e. The number of aromatic nitrogens is 4. The van der Waals surface area contributed by atoms with Crippen LogP contribution >= 0.6 is 0 Å². The average Bonchev–Trinajstić information content (AvgIpc) is 3.72. The Bertz CT molecular complexity index is 1680. The highest BCUT2D eigenvalue weighted by Gasteiger charge is 2.53. The van der Waals surface area contributed by atoms with E-state index in [9.17, 15) is 19.1 Å². The van der Waals surface area contributed by atoms with Crippen LogP contribution in [0.2, 0.25) is 0 Å². The zero-order chi connectivity index (χ0) is 30.6. The third kappa shape index (κ3) is 6.01. The summed E-state index contributed by atoms with van der Waals surface area (Å²) in [6.45, 7) is 1.90. The Kier molecular flexibility index (Phi) is 8.56. The maximum atomic E-state index is 14.5. The van der Waals surface area contributed by atoms with E-state index in [-0.39, 0.29) is 30.2 Å². The Balaban J connectivity index is 1.25. The largest absolute Gasteiger partial charge is 0.478 e. The number of rotatable bonds is 10. The van der Waals surface area contributed by atoms with Gasteiger partial charge in [0.05, 0.1) is 25.1 Å². The molecule has 14 heteroatoms. The van der Waals surface area contributed by atoms with Crippen LogP contribution in [0.15, 0.2) is 67.3 Å². The molecular weight excluding hydrogens is 575 g/mol. The number of hydrogen-bond acceptors (Lipinski definition) is 9. The minimum atomic E-state index is -1.25. The van der Waals surface area contributed by atoms with Crippen LogP contribution in [0, 0.1) is 5.82 Å². The van der Waals surface area contributed by atoms with E-state index in [2.05, 4.69) is 25.6 Å². The minimum Gasteiger partial charge on any atom is -0.478 e. The predicted octanol–water partition coefficient (Wildman–Crippen LogP) is 3.74. The normalized spacial score (nSPS) is 22.8. The van der Waals surface area contributed by atoms with Crippen molar-refractivity contribution >= 4 is 35.1 Å². The number of anilines is 1. The molecule has 4 aromatic rings. The van der Waals surface area contributed by atoms with Gasteiger partial charge in [0.2, 0.25) is 0 Å². The lowest BCUT2D eigenvalue weighted by Gasteiger charge is -2.20. The number of benzene rings is 2. The number of aromatic carboxylic acids is 1. The van der Waals surface area contributed by atoms with Gasteiger partial charge in [-0.15, -0.1) is 0 Å². The Labute approximate surface area is 250 Å². The fourth-order valence-electron chi connectivity index (χ4n) is 5.19. The smallest absolute Gasteiger partial charge is 0.336 e. The van der Waals surface area contributed by atoms with Gasteiger partial charge < -0.3 is 29.4 Å². The highest BCUT2D eigenvalue weighted by molar-refractivity contribution is 5.95. The van der Waals surface area contributed by atoms with Gasteiger partial charge in [-0.25, -0.2) is 28.9 Å². The van der Waals surface area contributed by atoms with Crippen molar-refractivity contribution < 1.29 is 38.0 Å². The van der Waals surface area contributed by atoms with Gasteiger partial charge in [0, 0.05) is 12.1 Å². The van der Waals surface area contributed by atoms with Crippen LogP contribution in [0.4, 0.5) is 15.0 Å². The fourth-order valence-corrected chi connectivity index (χ4v) is 5.19. The number of carboxylic acids is 1. The van der Waals surface area contributed by atoms with E-state index < -0.39 is 48.6 Å². The molecule has 228 valence electrons. The first kappa shape index (κ1) is 29.3. The number of amides is 2. The van der Waals surface area contributed by atoms with Crippen molar-refractivity contribution in [2.24, 2.45) is 0 Å². The second-order valence-electron chi connectivity index (χ2n) is 10.0. The van der Waals surface area contributed by atoms with Crippen molar-refractivity contribution in [1.29, 1.82) is 0 Å². The number of fused-ring (bicyclic) bond motifs is 2. The highest BCUT2D eigenvalue weighted by Crippen LogP contribution is 2.41. The summed E-state index contributed by atoms with van der Waals surface area (Å²) in [6.07, 6.45) is 3.14. The minimum absolute atomic E-state index is 0.0465. The molecule has 13 nitrogen and oxygen atoms in total. The van der Waals surface area contributed by atoms with E-state index in [0.717, 1.165) is 5.56 Å². The molecule has 0 aliphatic carbocycles. The molecule has 0 saturated carbocycles. The monoisotopic (exact) mass is 604 g/mol. The maximum absolute atomic E-state index is 14.5. The molecular formula is C30H29FN6O7. The number of nitrogens with one attached hydrogen (secondary N) is 2. The van der Waals surface area contributed by atoms with Crippen LogP contribution < -0.4 is 10.6 Å². The second-order valence-corrected chi connectivity index (χ2v) is 10.0. The Morgan fingerprint density at radius 3 is 2.68 bits per heavy atom. The lowest BCUT2D eigenvalue weighted by atomic mass is 10.1. The van der Waals surface area contributed by atoms with Gasteiger partial charge in [0.15, 0.2) is 29.5 Å². The highest BCUT2D eigenvalue weighted by atomic mass is 19.1. The molecule has 0 bridgehead atoms. The molecule has 0 spiro atoms. The number of urea groups is 1. The first-order valence-electron chi connectivity index (χ1n) is 13.9. The third-order valence-electron chi connectivity index (χ3n) is 7.19. The van der Waals surface area contributed by atoms with Crippen LogP contribution in [-0.2, 0) is 25.6 Å². The molecule has 4 heterocycles. The molecule has 2 aromatic heterocycles. The molecule has 3 N–H and O–H groups in total. The Hall–Kier alpha value is -4.76. The van der Waals surface area contributed by atoms with Gasteiger partial charge in [0.25, 0.3) is 0 Å². The molecule has 2 aromatic carbocycles. The summed E-state index contributed by atoms with van der Waals surface area (Å²) in [7, 11) is 0. The number of carbonyl (C=O) groups is 2. The molecule has 2 saturated heterocycles.